The van der Waals surface area contributed by atoms with E-state index in [1.807, 2.05) is 36.1 Å². The molecule has 0 spiro atoms. The van der Waals surface area contributed by atoms with Gasteiger partial charge in [0, 0.05) is 30.6 Å². The van der Waals surface area contributed by atoms with Crippen LogP contribution in [0.3, 0.4) is 0 Å². The van der Waals surface area contributed by atoms with Gasteiger partial charge in [0.15, 0.2) is 0 Å². The zero-order valence-electron chi connectivity index (χ0n) is 14.5. The van der Waals surface area contributed by atoms with Crippen LogP contribution in [0.1, 0.15) is 51.1 Å². The highest BCUT2D eigenvalue weighted by Crippen LogP contribution is 2.24. The summed E-state index contributed by atoms with van der Waals surface area (Å²) in [6, 6.07) is 8.36. The molecular weight excluding hydrogens is 302 g/mol. The first-order valence-corrected chi connectivity index (χ1v) is 8.98. The lowest BCUT2D eigenvalue weighted by Crippen LogP contribution is -2.42. The van der Waals surface area contributed by atoms with Crippen LogP contribution in [-0.4, -0.2) is 30.9 Å². The van der Waals surface area contributed by atoms with Gasteiger partial charge in [0.05, 0.1) is 6.04 Å². The molecule has 1 unspecified atom stereocenters. The third kappa shape index (κ3) is 3.78. The van der Waals surface area contributed by atoms with Crippen molar-refractivity contribution in [2.75, 3.05) is 18.0 Å². The normalized spacial score (nSPS) is 25.6. The Morgan fingerprint density at radius 2 is 2.08 bits per heavy atom. The van der Waals surface area contributed by atoms with Crippen LogP contribution in [0.5, 0.6) is 0 Å². The van der Waals surface area contributed by atoms with E-state index in [-0.39, 0.29) is 23.8 Å². The van der Waals surface area contributed by atoms with Crippen LogP contribution >= 0.6 is 0 Å². The molecule has 5 nitrogen and oxygen atoms in total. The van der Waals surface area contributed by atoms with Gasteiger partial charge in [-0.25, -0.2) is 0 Å². The van der Waals surface area contributed by atoms with Crippen molar-refractivity contribution in [2.45, 2.75) is 51.6 Å². The van der Waals surface area contributed by atoms with Crippen molar-refractivity contribution in [3.05, 3.63) is 29.8 Å². The van der Waals surface area contributed by atoms with E-state index in [2.05, 4.69) is 17.6 Å². The number of benzene rings is 1. The summed E-state index contributed by atoms with van der Waals surface area (Å²) in [4.78, 5) is 26.1. The van der Waals surface area contributed by atoms with E-state index < -0.39 is 0 Å². The Kier molecular flexibility index (Phi) is 5.19. The summed E-state index contributed by atoms with van der Waals surface area (Å²) >= 11 is 0. The molecule has 3 atom stereocenters. The Labute approximate surface area is 143 Å². The SMILES string of the molecule is CC(NC(=O)[C@H]1CCN[C@@H](C)C1)c1ccc(N2CCCC2=O)cc1. The maximum absolute atomic E-state index is 12.5. The number of carbonyl (C=O) groups excluding carboxylic acids is 2. The number of carbonyl (C=O) groups is 2. The van der Waals surface area contributed by atoms with E-state index >= 15 is 0 Å². The lowest BCUT2D eigenvalue weighted by molar-refractivity contribution is -0.126. The summed E-state index contributed by atoms with van der Waals surface area (Å²) in [5, 5.41) is 6.51. The van der Waals surface area contributed by atoms with Gasteiger partial charge in [0.1, 0.15) is 0 Å². The zero-order valence-corrected chi connectivity index (χ0v) is 14.5. The van der Waals surface area contributed by atoms with Crippen LogP contribution in [0.2, 0.25) is 0 Å². The standard InChI is InChI=1S/C19H27N3O2/c1-13-12-16(9-10-20-13)19(24)21-14(2)15-5-7-17(8-6-15)22-11-3-4-18(22)23/h5-8,13-14,16,20H,3-4,9-12H2,1-2H3,(H,21,24)/t13-,14?,16-/m0/s1. The van der Waals surface area contributed by atoms with E-state index in [4.69, 9.17) is 0 Å². The molecule has 2 heterocycles. The number of anilines is 1. The minimum absolute atomic E-state index is 0.0222. The number of nitrogens with zero attached hydrogens (tertiary/aromatic N) is 1. The molecule has 2 saturated heterocycles. The second-order valence-corrected chi connectivity index (χ2v) is 7.05. The largest absolute Gasteiger partial charge is 0.349 e. The maximum Gasteiger partial charge on any atom is 0.227 e. The Balaban J connectivity index is 1.59. The summed E-state index contributed by atoms with van der Waals surface area (Å²) in [7, 11) is 0. The van der Waals surface area contributed by atoms with Gasteiger partial charge in [-0.1, -0.05) is 12.1 Å². The first kappa shape index (κ1) is 17.0. The van der Waals surface area contributed by atoms with Gasteiger partial charge in [-0.05, 0) is 57.4 Å². The van der Waals surface area contributed by atoms with Crippen LogP contribution in [0.25, 0.3) is 0 Å². The van der Waals surface area contributed by atoms with Crippen LogP contribution in [0.15, 0.2) is 24.3 Å². The van der Waals surface area contributed by atoms with Crippen molar-refractivity contribution in [2.24, 2.45) is 5.92 Å². The highest BCUT2D eigenvalue weighted by atomic mass is 16.2. The van der Waals surface area contributed by atoms with Crippen LogP contribution in [0, 0.1) is 5.92 Å². The number of nitrogens with one attached hydrogen (secondary N) is 2. The minimum atomic E-state index is -0.0222. The molecule has 2 fully saturated rings. The molecule has 5 heteroatoms. The molecule has 2 aliphatic heterocycles. The third-order valence-corrected chi connectivity index (χ3v) is 5.13. The molecule has 0 saturated carbocycles. The van der Waals surface area contributed by atoms with Gasteiger partial charge in [-0.15, -0.1) is 0 Å². The summed E-state index contributed by atoms with van der Waals surface area (Å²) in [6.07, 6.45) is 3.37. The van der Waals surface area contributed by atoms with Gasteiger partial charge in [-0.2, -0.15) is 0 Å². The van der Waals surface area contributed by atoms with Crippen LogP contribution < -0.4 is 15.5 Å². The summed E-state index contributed by atoms with van der Waals surface area (Å²) in [6.45, 7) is 5.85. The molecule has 1 aromatic rings. The number of rotatable bonds is 4. The van der Waals surface area contributed by atoms with Crippen LogP contribution in [0.4, 0.5) is 5.69 Å². The lowest BCUT2D eigenvalue weighted by Gasteiger charge is -2.28. The van der Waals surface area contributed by atoms with Crippen molar-refractivity contribution in [3.8, 4) is 0 Å². The molecular formula is C19H27N3O2. The minimum Gasteiger partial charge on any atom is -0.349 e. The number of piperidine rings is 1. The van der Waals surface area contributed by atoms with E-state index in [0.29, 0.717) is 12.5 Å². The predicted octanol–water partition coefficient (Wildman–Crippen LogP) is 2.38. The molecule has 130 valence electrons. The van der Waals surface area contributed by atoms with Crippen molar-refractivity contribution in [1.29, 1.82) is 0 Å². The first-order valence-electron chi connectivity index (χ1n) is 8.98. The molecule has 0 aromatic heterocycles. The monoisotopic (exact) mass is 329 g/mol. The molecule has 2 amide bonds. The fourth-order valence-electron chi connectivity index (χ4n) is 3.65. The highest BCUT2D eigenvalue weighted by molar-refractivity contribution is 5.95. The Morgan fingerprint density at radius 1 is 1.33 bits per heavy atom. The Morgan fingerprint density at radius 3 is 2.71 bits per heavy atom. The second-order valence-electron chi connectivity index (χ2n) is 7.05. The summed E-state index contributed by atoms with van der Waals surface area (Å²) in [5.74, 6) is 0.448. The summed E-state index contributed by atoms with van der Waals surface area (Å²) in [5.41, 5.74) is 2.02. The zero-order chi connectivity index (χ0) is 17.1. The lowest BCUT2D eigenvalue weighted by atomic mass is 9.92. The van der Waals surface area contributed by atoms with E-state index in [1.54, 1.807) is 0 Å². The van der Waals surface area contributed by atoms with Gasteiger partial charge >= 0.3 is 0 Å². The number of amides is 2. The van der Waals surface area contributed by atoms with Crippen LogP contribution in [-0.2, 0) is 9.59 Å². The van der Waals surface area contributed by atoms with Gasteiger partial charge in [0.2, 0.25) is 11.8 Å². The molecule has 0 radical (unpaired) electrons. The fourth-order valence-corrected chi connectivity index (χ4v) is 3.65. The summed E-state index contributed by atoms with van der Waals surface area (Å²) < 4.78 is 0. The average molecular weight is 329 g/mol. The molecule has 2 N–H and O–H groups in total. The molecule has 0 aliphatic carbocycles. The van der Waals surface area contributed by atoms with Crippen molar-refractivity contribution in [1.82, 2.24) is 10.6 Å². The fraction of sp³-hybridized carbons (Fsp3) is 0.579. The van der Waals surface area contributed by atoms with Crippen molar-refractivity contribution < 1.29 is 9.59 Å². The highest BCUT2D eigenvalue weighted by Gasteiger charge is 2.26. The molecule has 2 aliphatic rings. The number of hydrogen-bond acceptors (Lipinski definition) is 3. The first-order chi connectivity index (χ1) is 11.5. The quantitative estimate of drug-likeness (QED) is 0.891. The maximum atomic E-state index is 12.5. The van der Waals surface area contributed by atoms with Gasteiger partial charge < -0.3 is 15.5 Å². The van der Waals surface area contributed by atoms with E-state index in [0.717, 1.165) is 43.6 Å². The van der Waals surface area contributed by atoms with Gasteiger partial charge in [-0.3, -0.25) is 9.59 Å². The Hall–Kier alpha value is -1.88. The smallest absolute Gasteiger partial charge is 0.227 e. The topological polar surface area (TPSA) is 61.4 Å². The van der Waals surface area contributed by atoms with Crippen molar-refractivity contribution >= 4 is 17.5 Å². The molecule has 24 heavy (non-hydrogen) atoms. The predicted molar refractivity (Wildman–Crippen MR) is 94.8 cm³/mol. The van der Waals surface area contributed by atoms with E-state index in [9.17, 15) is 9.59 Å². The molecule has 0 bridgehead atoms. The van der Waals surface area contributed by atoms with E-state index in [1.165, 1.54) is 0 Å². The Bertz CT molecular complexity index is 599. The molecule has 3 rings (SSSR count). The van der Waals surface area contributed by atoms with Gasteiger partial charge in [0.25, 0.3) is 0 Å². The third-order valence-electron chi connectivity index (χ3n) is 5.13. The average Bonchev–Trinajstić information content (AvgIpc) is 3.01. The molecule has 1 aromatic carbocycles. The van der Waals surface area contributed by atoms with Crippen molar-refractivity contribution in [3.63, 3.8) is 0 Å². The number of hydrogen-bond donors (Lipinski definition) is 2. The second kappa shape index (κ2) is 7.34.